The predicted molar refractivity (Wildman–Crippen MR) is 75.9 cm³/mol. The molecule has 0 saturated carbocycles. The first-order valence-corrected chi connectivity index (χ1v) is 7.45. The minimum atomic E-state index is 0.0773. The van der Waals surface area contributed by atoms with E-state index in [1.165, 1.54) is 0 Å². The first-order valence-electron chi connectivity index (χ1n) is 7.45. The maximum Gasteiger partial charge on any atom is 0.231 e. The fourth-order valence-electron chi connectivity index (χ4n) is 2.95. The minimum absolute atomic E-state index is 0.0773. The van der Waals surface area contributed by atoms with Gasteiger partial charge in [0.1, 0.15) is 0 Å². The number of amides is 1. The molecule has 4 heteroatoms. The van der Waals surface area contributed by atoms with Gasteiger partial charge in [0.2, 0.25) is 12.7 Å². The van der Waals surface area contributed by atoms with Crippen molar-refractivity contribution in [2.45, 2.75) is 32.6 Å². The molecule has 2 aliphatic heterocycles. The van der Waals surface area contributed by atoms with Crippen LogP contribution in [0.1, 0.15) is 31.7 Å². The highest BCUT2D eigenvalue weighted by molar-refractivity contribution is 5.79. The molecule has 1 saturated heterocycles. The second-order valence-electron chi connectivity index (χ2n) is 5.53. The maximum absolute atomic E-state index is 12.5. The van der Waals surface area contributed by atoms with Crippen LogP contribution in [0, 0.1) is 5.92 Å². The van der Waals surface area contributed by atoms with Gasteiger partial charge < -0.3 is 14.4 Å². The van der Waals surface area contributed by atoms with E-state index in [1.807, 2.05) is 23.1 Å². The van der Waals surface area contributed by atoms with Crippen LogP contribution >= 0.6 is 0 Å². The van der Waals surface area contributed by atoms with E-state index >= 15 is 0 Å². The maximum atomic E-state index is 12.5. The molecule has 0 radical (unpaired) electrons. The lowest BCUT2D eigenvalue weighted by Gasteiger charge is -2.22. The van der Waals surface area contributed by atoms with E-state index in [9.17, 15) is 4.79 Å². The molecule has 1 atom stereocenters. The fraction of sp³-hybridized carbons (Fsp3) is 0.562. The first-order chi connectivity index (χ1) is 9.78. The number of carbonyl (C=O) groups is 1. The van der Waals surface area contributed by atoms with Gasteiger partial charge >= 0.3 is 0 Å². The zero-order chi connectivity index (χ0) is 13.9. The summed E-state index contributed by atoms with van der Waals surface area (Å²) in [6.07, 6.45) is 3.95. The van der Waals surface area contributed by atoms with Gasteiger partial charge in [-0.15, -0.1) is 0 Å². The molecule has 0 N–H and O–H groups in total. The second-order valence-corrected chi connectivity index (χ2v) is 5.53. The Hall–Kier alpha value is -1.71. The Morgan fingerprint density at radius 3 is 2.75 bits per heavy atom. The molecule has 4 nitrogen and oxygen atoms in total. The lowest BCUT2D eigenvalue weighted by Crippen LogP contribution is -2.34. The molecule has 1 fully saturated rings. The van der Waals surface area contributed by atoms with Crippen LogP contribution in [0.4, 0.5) is 0 Å². The van der Waals surface area contributed by atoms with Crippen molar-refractivity contribution in [1.29, 1.82) is 0 Å². The summed E-state index contributed by atoms with van der Waals surface area (Å²) in [6, 6.07) is 5.97. The van der Waals surface area contributed by atoms with Gasteiger partial charge in [0.05, 0.1) is 0 Å². The van der Waals surface area contributed by atoms with Gasteiger partial charge in [0, 0.05) is 19.0 Å². The quantitative estimate of drug-likeness (QED) is 0.848. The molecular formula is C16H21NO3. The summed E-state index contributed by atoms with van der Waals surface area (Å²) in [5.74, 6) is 1.98. The third kappa shape index (κ3) is 2.60. The van der Waals surface area contributed by atoms with Gasteiger partial charge in [0.25, 0.3) is 0 Å². The third-order valence-electron chi connectivity index (χ3n) is 4.18. The van der Waals surface area contributed by atoms with Gasteiger partial charge in [-0.3, -0.25) is 4.79 Å². The highest BCUT2D eigenvalue weighted by Crippen LogP contribution is 2.33. The van der Waals surface area contributed by atoms with Crippen molar-refractivity contribution < 1.29 is 14.3 Å². The van der Waals surface area contributed by atoms with E-state index in [0.29, 0.717) is 12.7 Å². The molecule has 2 aliphatic rings. The van der Waals surface area contributed by atoms with Crippen LogP contribution in [0.15, 0.2) is 18.2 Å². The largest absolute Gasteiger partial charge is 0.454 e. The van der Waals surface area contributed by atoms with Crippen molar-refractivity contribution in [3.8, 4) is 11.5 Å². The topological polar surface area (TPSA) is 38.8 Å². The summed E-state index contributed by atoms with van der Waals surface area (Å²) >= 11 is 0. The zero-order valence-electron chi connectivity index (χ0n) is 11.9. The van der Waals surface area contributed by atoms with Gasteiger partial charge in [-0.2, -0.15) is 0 Å². The molecule has 0 bridgehead atoms. The van der Waals surface area contributed by atoms with Gasteiger partial charge in [0.15, 0.2) is 11.5 Å². The average molecular weight is 275 g/mol. The number of fused-ring (bicyclic) bond motifs is 1. The number of hydrogen-bond acceptors (Lipinski definition) is 3. The van der Waals surface area contributed by atoms with Gasteiger partial charge in [-0.05, 0) is 43.4 Å². The number of hydrogen-bond donors (Lipinski definition) is 0. The average Bonchev–Trinajstić information content (AvgIpc) is 3.14. The molecular weight excluding hydrogens is 254 g/mol. The number of likely N-dealkylation sites (tertiary alicyclic amines) is 1. The second kappa shape index (κ2) is 5.73. The highest BCUT2D eigenvalue weighted by atomic mass is 16.7. The molecule has 1 unspecified atom stereocenters. The van der Waals surface area contributed by atoms with Crippen LogP contribution in [-0.2, 0) is 11.2 Å². The molecule has 0 aliphatic carbocycles. The Balaban J connectivity index is 1.69. The van der Waals surface area contributed by atoms with Crippen molar-refractivity contribution in [3.63, 3.8) is 0 Å². The molecule has 0 spiro atoms. The lowest BCUT2D eigenvalue weighted by atomic mass is 9.95. The molecule has 0 aromatic heterocycles. The SMILES string of the molecule is CCC(Cc1ccc2c(c1)OCO2)C(=O)N1CCCC1. The monoisotopic (exact) mass is 275 g/mol. The van der Waals surface area contributed by atoms with E-state index in [2.05, 4.69) is 6.92 Å². The predicted octanol–water partition coefficient (Wildman–Crippen LogP) is 2.61. The van der Waals surface area contributed by atoms with Crippen LogP contribution in [0.3, 0.4) is 0 Å². The molecule has 108 valence electrons. The Morgan fingerprint density at radius 1 is 1.25 bits per heavy atom. The summed E-state index contributed by atoms with van der Waals surface area (Å²) in [6.45, 7) is 4.24. The van der Waals surface area contributed by atoms with E-state index in [4.69, 9.17) is 9.47 Å². The van der Waals surface area contributed by atoms with E-state index in [1.54, 1.807) is 0 Å². The molecule has 1 aromatic rings. The van der Waals surface area contributed by atoms with E-state index in [-0.39, 0.29) is 5.92 Å². The number of nitrogens with zero attached hydrogens (tertiary/aromatic N) is 1. The van der Waals surface area contributed by atoms with E-state index in [0.717, 1.165) is 55.8 Å². The van der Waals surface area contributed by atoms with Crippen molar-refractivity contribution in [3.05, 3.63) is 23.8 Å². The summed E-state index contributed by atoms with van der Waals surface area (Å²) in [7, 11) is 0. The number of ether oxygens (including phenoxy) is 2. The fourth-order valence-corrected chi connectivity index (χ4v) is 2.95. The van der Waals surface area contributed by atoms with Crippen LogP contribution < -0.4 is 9.47 Å². The Morgan fingerprint density at radius 2 is 2.00 bits per heavy atom. The third-order valence-corrected chi connectivity index (χ3v) is 4.18. The molecule has 2 heterocycles. The number of benzene rings is 1. The van der Waals surface area contributed by atoms with Crippen molar-refractivity contribution in [2.24, 2.45) is 5.92 Å². The Kier molecular flexibility index (Phi) is 3.81. The standard InChI is InChI=1S/C16H21NO3/c1-2-13(16(18)17-7-3-4-8-17)9-12-5-6-14-15(10-12)20-11-19-14/h5-6,10,13H,2-4,7-9,11H2,1H3. The molecule has 20 heavy (non-hydrogen) atoms. The summed E-state index contributed by atoms with van der Waals surface area (Å²) in [5, 5.41) is 0. The molecule has 3 rings (SSSR count). The van der Waals surface area contributed by atoms with Crippen molar-refractivity contribution >= 4 is 5.91 Å². The Bertz CT molecular complexity index is 494. The molecule has 1 amide bonds. The lowest BCUT2D eigenvalue weighted by molar-refractivity contribution is -0.134. The van der Waals surface area contributed by atoms with Gasteiger partial charge in [-0.25, -0.2) is 0 Å². The normalized spacial score (nSPS) is 18.4. The van der Waals surface area contributed by atoms with Crippen LogP contribution in [0.25, 0.3) is 0 Å². The van der Waals surface area contributed by atoms with Crippen molar-refractivity contribution in [1.82, 2.24) is 4.90 Å². The highest BCUT2D eigenvalue weighted by Gasteiger charge is 2.25. The zero-order valence-corrected chi connectivity index (χ0v) is 11.9. The first kappa shape index (κ1) is 13.3. The van der Waals surface area contributed by atoms with Gasteiger partial charge in [-0.1, -0.05) is 13.0 Å². The minimum Gasteiger partial charge on any atom is -0.454 e. The molecule has 1 aromatic carbocycles. The number of rotatable bonds is 4. The van der Waals surface area contributed by atoms with Crippen molar-refractivity contribution in [2.75, 3.05) is 19.9 Å². The summed E-state index contributed by atoms with van der Waals surface area (Å²) in [4.78, 5) is 14.5. The smallest absolute Gasteiger partial charge is 0.231 e. The summed E-state index contributed by atoms with van der Waals surface area (Å²) < 4.78 is 10.7. The Labute approximate surface area is 119 Å². The van der Waals surface area contributed by atoms with Crippen LogP contribution in [0.2, 0.25) is 0 Å². The van der Waals surface area contributed by atoms with Crippen LogP contribution in [-0.4, -0.2) is 30.7 Å². The number of carbonyl (C=O) groups excluding carboxylic acids is 1. The summed E-state index contributed by atoms with van der Waals surface area (Å²) in [5.41, 5.74) is 1.15. The van der Waals surface area contributed by atoms with Crippen LogP contribution in [0.5, 0.6) is 11.5 Å². The van der Waals surface area contributed by atoms with E-state index < -0.39 is 0 Å².